The minimum absolute atomic E-state index is 0.409. The average molecular weight is 272 g/mol. The summed E-state index contributed by atoms with van der Waals surface area (Å²) < 4.78 is 0. The molecule has 0 aromatic heterocycles. The molecule has 0 aromatic carbocycles. The Balaban J connectivity index is 3.08. The lowest BCUT2D eigenvalue weighted by molar-refractivity contribution is -0.111. The van der Waals surface area contributed by atoms with Crippen LogP contribution in [0.4, 0.5) is 0 Å². The van der Waals surface area contributed by atoms with Crippen LogP contribution in [0.25, 0.3) is 0 Å². The highest BCUT2D eigenvalue weighted by molar-refractivity contribution is 8.13. The third-order valence-corrected chi connectivity index (χ3v) is 4.26. The smallest absolute Gasteiger partial charge is 0.188 e. The SMILES string of the molecule is CCCCCCCCCCSC(=O)CCCCC. The number of carbonyl (C=O) groups excluding carboxylic acids is 1. The van der Waals surface area contributed by atoms with Gasteiger partial charge in [0.15, 0.2) is 5.12 Å². The number of hydrogen-bond acceptors (Lipinski definition) is 2. The minimum atomic E-state index is 0.409. The van der Waals surface area contributed by atoms with E-state index < -0.39 is 0 Å². The van der Waals surface area contributed by atoms with Crippen molar-refractivity contribution in [2.24, 2.45) is 0 Å². The van der Waals surface area contributed by atoms with Crippen LogP contribution in [0.1, 0.15) is 90.9 Å². The van der Waals surface area contributed by atoms with E-state index in [1.807, 2.05) is 0 Å². The number of unbranched alkanes of at least 4 members (excludes halogenated alkanes) is 9. The van der Waals surface area contributed by atoms with Crippen LogP contribution >= 0.6 is 11.8 Å². The van der Waals surface area contributed by atoms with E-state index in [1.54, 1.807) is 11.8 Å². The van der Waals surface area contributed by atoms with Crippen molar-refractivity contribution in [1.29, 1.82) is 0 Å². The molecule has 1 nitrogen and oxygen atoms in total. The van der Waals surface area contributed by atoms with Gasteiger partial charge in [-0.05, 0) is 12.8 Å². The van der Waals surface area contributed by atoms with Crippen molar-refractivity contribution in [2.45, 2.75) is 90.9 Å². The van der Waals surface area contributed by atoms with Crippen LogP contribution in [0.15, 0.2) is 0 Å². The summed E-state index contributed by atoms with van der Waals surface area (Å²) in [6.07, 6.45) is 15.1. The summed E-state index contributed by atoms with van der Waals surface area (Å²) in [4.78, 5) is 11.5. The van der Waals surface area contributed by atoms with Crippen molar-refractivity contribution in [3.63, 3.8) is 0 Å². The first-order chi connectivity index (χ1) is 8.81. The first kappa shape index (κ1) is 18.0. The zero-order valence-corrected chi connectivity index (χ0v) is 13.3. The Bertz CT molecular complexity index is 180. The van der Waals surface area contributed by atoms with Gasteiger partial charge in [-0.15, -0.1) is 0 Å². The van der Waals surface area contributed by atoms with Gasteiger partial charge in [-0.3, -0.25) is 4.79 Å². The molecule has 0 fully saturated rings. The van der Waals surface area contributed by atoms with Crippen LogP contribution in [0.2, 0.25) is 0 Å². The van der Waals surface area contributed by atoms with E-state index in [-0.39, 0.29) is 0 Å². The zero-order chi connectivity index (χ0) is 13.5. The molecule has 0 N–H and O–H groups in total. The summed E-state index contributed by atoms with van der Waals surface area (Å²) in [7, 11) is 0. The molecule has 0 aliphatic carbocycles. The normalized spacial score (nSPS) is 10.8. The summed E-state index contributed by atoms with van der Waals surface area (Å²) in [6.45, 7) is 4.44. The summed E-state index contributed by atoms with van der Waals surface area (Å²) in [5.74, 6) is 1.04. The Morgan fingerprint density at radius 1 is 0.722 bits per heavy atom. The zero-order valence-electron chi connectivity index (χ0n) is 12.5. The average Bonchev–Trinajstić information content (AvgIpc) is 2.37. The minimum Gasteiger partial charge on any atom is -0.287 e. The van der Waals surface area contributed by atoms with Crippen molar-refractivity contribution in [3.05, 3.63) is 0 Å². The van der Waals surface area contributed by atoms with Crippen LogP contribution in [-0.2, 0) is 4.79 Å². The highest BCUT2D eigenvalue weighted by Crippen LogP contribution is 2.14. The maximum atomic E-state index is 11.5. The molecule has 0 heterocycles. The van der Waals surface area contributed by atoms with Gasteiger partial charge in [0.05, 0.1) is 0 Å². The molecule has 0 saturated carbocycles. The fraction of sp³-hybridized carbons (Fsp3) is 0.938. The molecule has 0 radical (unpaired) electrons. The maximum absolute atomic E-state index is 11.5. The van der Waals surface area contributed by atoms with E-state index in [1.165, 1.54) is 64.2 Å². The second kappa shape index (κ2) is 15.1. The van der Waals surface area contributed by atoms with E-state index >= 15 is 0 Å². The third-order valence-electron chi connectivity index (χ3n) is 3.25. The van der Waals surface area contributed by atoms with Crippen LogP contribution in [0.5, 0.6) is 0 Å². The molecule has 0 unspecified atom stereocenters. The summed E-state index contributed by atoms with van der Waals surface area (Å²) in [5.41, 5.74) is 0. The van der Waals surface area contributed by atoms with Gasteiger partial charge in [-0.2, -0.15) is 0 Å². The van der Waals surface area contributed by atoms with Crippen LogP contribution in [-0.4, -0.2) is 10.9 Å². The fourth-order valence-electron chi connectivity index (χ4n) is 2.01. The number of thioether (sulfide) groups is 1. The van der Waals surface area contributed by atoms with Crippen molar-refractivity contribution in [3.8, 4) is 0 Å². The topological polar surface area (TPSA) is 17.1 Å². The molecule has 0 aliphatic heterocycles. The molecule has 0 aromatic rings. The summed E-state index contributed by atoms with van der Waals surface area (Å²) in [5, 5.41) is 0.409. The van der Waals surface area contributed by atoms with Gasteiger partial charge in [-0.25, -0.2) is 0 Å². The number of rotatable bonds is 13. The second-order valence-corrected chi connectivity index (χ2v) is 6.30. The molecule has 0 rings (SSSR count). The Morgan fingerprint density at radius 3 is 1.83 bits per heavy atom. The highest BCUT2D eigenvalue weighted by Gasteiger charge is 2.01. The van der Waals surface area contributed by atoms with E-state index in [2.05, 4.69) is 13.8 Å². The molecule has 108 valence electrons. The van der Waals surface area contributed by atoms with E-state index in [9.17, 15) is 4.79 Å². The molecular weight excluding hydrogens is 240 g/mol. The molecule has 0 aliphatic rings. The van der Waals surface area contributed by atoms with Gasteiger partial charge in [0.25, 0.3) is 0 Å². The summed E-state index contributed by atoms with van der Waals surface area (Å²) in [6, 6.07) is 0. The maximum Gasteiger partial charge on any atom is 0.188 e. The van der Waals surface area contributed by atoms with Crippen LogP contribution < -0.4 is 0 Å². The van der Waals surface area contributed by atoms with E-state index in [4.69, 9.17) is 0 Å². The van der Waals surface area contributed by atoms with Crippen molar-refractivity contribution in [2.75, 3.05) is 5.75 Å². The Labute approximate surface area is 118 Å². The summed E-state index contributed by atoms with van der Waals surface area (Å²) >= 11 is 1.56. The largest absolute Gasteiger partial charge is 0.287 e. The lowest BCUT2D eigenvalue weighted by Crippen LogP contribution is -1.93. The molecule has 2 heteroatoms. The molecule has 0 bridgehead atoms. The van der Waals surface area contributed by atoms with E-state index in [0.717, 1.165) is 18.6 Å². The van der Waals surface area contributed by atoms with Crippen molar-refractivity contribution >= 4 is 16.9 Å². The molecular formula is C16H32OS. The molecule has 0 spiro atoms. The van der Waals surface area contributed by atoms with Crippen LogP contribution in [0, 0.1) is 0 Å². The molecule has 0 amide bonds. The van der Waals surface area contributed by atoms with Gasteiger partial charge in [0, 0.05) is 12.2 Å². The first-order valence-electron chi connectivity index (χ1n) is 7.96. The van der Waals surface area contributed by atoms with Gasteiger partial charge in [0.2, 0.25) is 0 Å². The quantitative estimate of drug-likeness (QED) is 0.384. The Kier molecular flexibility index (Phi) is 15.1. The lowest BCUT2D eigenvalue weighted by atomic mass is 10.1. The molecule has 0 atom stereocenters. The molecule has 0 saturated heterocycles. The Hall–Kier alpha value is 0.0200. The fourth-order valence-corrected chi connectivity index (χ4v) is 2.88. The van der Waals surface area contributed by atoms with Gasteiger partial charge in [0.1, 0.15) is 0 Å². The van der Waals surface area contributed by atoms with E-state index in [0.29, 0.717) is 5.12 Å². The highest BCUT2D eigenvalue weighted by atomic mass is 32.2. The second-order valence-electron chi connectivity index (χ2n) is 5.15. The number of hydrogen-bond donors (Lipinski definition) is 0. The molecule has 18 heavy (non-hydrogen) atoms. The number of carbonyl (C=O) groups is 1. The first-order valence-corrected chi connectivity index (χ1v) is 8.95. The van der Waals surface area contributed by atoms with Crippen LogP contribution in [0.3, 0.4) is 0 Å². The lowest BCUT2D eigenvalue weighted by Gasteiger charge is -2.02. The van der Waals surface area contributed by atoms with Gasteiger partial charge >= 0.3 is 0 Å². The monoisotopic (exact) mass is 272 g/mol. The Morgan fingerprint density at radius 2 is 1.22 bits per heavy atom. The standard InChI is InChI=1S/C16H32OS/c1-3-5-7-8-9-10-11-13-15-18-16(17)14-12-6-4-2/h3-15H2,1-2H3. The van der Waals surface area contributed by atoms with Crippen molar-refractivity contribution in [1.82, 2.24) is 0 Å². The van der Waals surface area contributed by atoms with Gasteiger partial charge in [-0.1, -0.05) is 83.4 Å². The predicted octanol–water partition coefficient (Wildman–Crippen LogP) is 5.97. The third kappa shape index (κ3) is 14.1. The predicted molar refractivity (Wildman–Crippen MR) is 84.2 cm³/mol. The van der Waals surface area contributed by atoms with Crippen molar-refractivity contribution < 1.29 is 4.79 Å². The van der Waals surface area contributed by atoms with Gasteiger partial charge < -0.3 is 0 Å².